The second-order valence-corrected chi connectivity index (χ2v) is 9.79. The molecule has 1 heterocycles. The van der Waals surface area contributed by atoms with Crippen molar-refractivity contribution in [1.29, 1.82) is 0 Å². The minimum atomic E-state index is -1.36. The van der Waals surface area contributed by atoms with E-state index in [2.05, 4.69) is 0 Å². The van der Waals surface area contributed by atoms with Crippen molar-refractivity contribution in [3.8, 4) is 0 Å². The van der Waals surface area contributed by atoms with E-state index in [1.807, 2.05) is 140 Å². The number of benzene rings is 4. The van der Waals surface area contributed by atoms with Crippen LogP contribution in [0.3, 0.4) is 0 Å². The predicted octanol–water partition coefficient (Wildman–Crippen LogP) is 6.75. The van der Waals surface area contributed by atoms with Gasteiger partial charge in [-0.05, 0) is 22.3 Å². The molecule has 4 aromatic rings. The molecule has 0 saturated heterocycles. The zero-order chi connectivity index (χ0) is 27.1. The van der Waals surface area contributed by atoms with Crippen molar-refractivity contribution < 1.29 is 14.9 Å². The third-order valence-corrected chi connectivity index (χ3v) is 7.36. The Balaban J connectivity index is 1.67. The van der Waals surface area contributed by atoms with E-state index in [4.69, 9.17) is 9.73 Å². The van der Waals surface area contributed by atoms with Crippen molar-refractivity contribution in [2.75, 3.05) is 7.11 Å². The summed E-state index contributed by atoms with van der Waals surface area (Å²) in [7, 11) is 1.61. The fourth-order valence-electron chi connectivity index (χ4n) is 5.31. The number of aliphatic hydroxyl groups is 2. The quantitative estimate of drug-likeness (QED) is 0.268. The Morgan fingerprint density at radius 2 is 1.13 bits per heavy atom. The zero-order valence-electron chi connectivity index (χ0n) is 22.0. The van der Waals surface area contributed by atoms with Crippen LogP contribution in [0.5, 0.6) is 0 Å². The van der Waals surface area contributed by atoms with Crippen molar-refractivity contribution in [3.63, 3.8) is 0 Å². The fourth-order valence-corrected chi connectivity index (χ4v) is 5.31. The molecule has 0 radical (unpaired) electrons. The van der Waals surface area contributed by atoms with E-state index in [9.17, 15) is 10.2 Å². The van der Waals surface area contributed by atoms with Gasteiger partial charge in [-0.3, -0.25) is 0 Å². The van der Waals surface area contributed by atoms with Gasteiger partial charge >= 0.3 is 0 Å². The molecule has 0 spiro atoms. The number of hydrogen-bond donors (Lipinski definition) is 2. The number of methoxy groups -OCH3 is 1. The summed E-state index contributed by atoms with van der Waals surface area (Å²) in [5, 5.41) is 24.8. The Kier molecular flexibility index (Phi) is 7.87. The summed E-state index contributed by atoms with van der Waals surface area (Å²) in [6.45, 7) is 0. The molecule has 0 aliphatic carbocycles. The van der Waals surface area contributed by atoms with E-state index < -0.39 is 17.1 Å². The van der Waals surface area contributed by atoms with Crippen LogP contribution in [0.4, 0.5) is 0 Å². The second kappa shape index (κ2) is 11.6. The van der Waals surface area contributed by atoms with Gasteiger partial charge in [0.25, 0.3) is 0 Å². The highest BCUT2D eigenvalue weighted by molar-refractivity contribution is 5.79. The van der Waals surface area contributed by atoms with E-state index in [-0.39, 0.29) is 6.42 Å². The van der Waals surface area contributed by atoms with Gasteiger partial charge in [-0.1, -0.05) is 140 Å². The fraction of sp³-hybridized carbons (Fsp3) is 0.171. The predicted molar refractivity (Wildman–Crippen MR) is 156 cm³/mol. The lowest BCUT2D eigenvalue weighted by Gasteiger charge is -2.36. The van der Waals surface area contributed by atoms with Crippen molar-refractivity contribution in [3.05, 3.63) is 168 Å². The Hall–Kier alpha value is -4.25. The van der Waals surface area contributed by atoms with Gasteiger partial charge in [0, 0.05) is 24.5 Å². The van der Waals surface area contributed by atoms with E-state index in [0.717, 1.165) is 22.3 Å². The summed E-state index contributed by atoms with van der Waals surface area (Å²) in [6, 6.07) is 38.7. The Morgan fingerprint density at radius 1 is 0.692 bits per heavy atom. The maximum atomic E-state index is 12.5. The molecule has 0 amide bonds. The number of nitrogens with zero attached hydrogens (tertiary/aromatic N) is 1. The summed E-state index contributed by atoms with van der Waals surface area (Å²) in [4.78, 5) is 4.87. The summed E-state index contributed by atoms with van der Waals surface area (Å²) >= 11 is 0. The van der Waals surface area contributed by atoms with Gasteiger partial charge in [0.15, 0.2) is 5.90 Å². The number of hydrogen-bond acceptors (Lipinski definition) is 4. The normalized spacial score (nSPS) is 16.0. The van der Waals surface area contributed by atoms with Gasteiger partial charge < -0.3 is 14.9 Å². The monoisotopic (exact) mass is 515 g/mol. The molecule has 2 N–H and O–H groups in total. The molecule has 1 aliphatic rings. The smallest absolute Gasteiger partial charge is 0.191 e. The van der Waals surface area contributed by atoms with Crippen molar-refractivity contribution in [1.82, 2.24) is 0 Å². The van der Waals surface area contributed by atoms with Crippen LogP contribution in [0.2, 0.25) is 0 Å². The molecule has 5 rings (SSSR count). The van der Waals surface area contributed by atoms with Crippen molar-refractivity contribution >= 4 is 5.90 Å². The number of aliphatic imine (C=N–C) groups is 1. The number of ether oxygens (including phenoxy) is 1. The highest BCUT2D eigenvalue weighted by Crippen LogP contribution is 2.42. The van der Waals surface area contributed by atoms with Crippen LogP contribution >= 0.6 is 0 Å². The largest absolute Gasteiger partial charge is 0.484 e. The van der Waals surface area contributed by atoms with Crippen LogP contribution in [0.1, 0.15) is 35.1 Å². The van der Waals surface area contributed by atoms with Crippen LogP contribution < -0.4 is 0 Å². The maximum absolute atomic E-state index is 12.5. The molecule has 0 fully saturated rings. The summed E-state index contributed by atoms with van der Waals surface area (Å²) in [5.74, 6) is 0.0811. The first kappa shape index (κ1) is 26.4. The van der Waals surface area contributed by atoms with Crippen LogP contribution in [-0.2, 0) is 15.9 Å². The zero-order valence-corrected chi connectivity index (χ0v) is 22.0. The Labute approximate surface area is 230 Å². The third-order valence-electron chi connectivity index (χ3n) is 7.36. The topological polar surface area (TPSA) is 62.0 Å². The summed E-state index contributed by atoms with van der Waals surface area (Å²) in [6.07, 6.45) is 6.62. The van der Waals surface area contributed by atoms with Crippen molar-refractivity contribution in [2.24, 2.45) is 10.9 Å². The summed E-state index contributed by atoms with van der Waals surface area (Å²) in [5.41, 5.74) is 1.01. The molecule has 1 atom stereocenters. The van der Waals surface area contributed by atoms with Crippen LogP contribution in [0, 0.1) is 5.92 Å². The van der Waals surface area contributed by atoms with E-state index >= 15 is 0 Å². The molecule has 4 heteroatoms. The first-order chi connectivity index (χ1) is 19.0. The lowest BCUT2D eigenvalue weighted by atomic mass is 9.74. The maximum Gasteiger partial charge on any atom is 0.191 e. The average molecular weight is 516 g/mol. The number of rotatable bonds is 7. The molecule has 4 aromatic carbocycles. The molecule has 196 valence electrons. The molecule has 1 aliphatic heterocycles. The van der Waals surface area contributed by atoms with E-state index in [1.165, 1.54) is 0 Å². The van der Waals surface area contributed by atoms with Gasteiger partial charge in [0.1, 0.15) is 11.2 Å². The van der Waals surface area contributed by atoms with Crippen LogP contribution in [-0.4, -0.2) is 23.2 Å². The van der Waals surface area contributed by atoms with Gasteiger partial charge in [0.2, 0.25) is 0 Å². The Morgan fingerprint density at radius 3 is 1.56 bits per heavy atom. The molecule has 0 bridgehead atoms. The van der Waals surface area contributed by atoms with E-state index in [1.54, 1.807) is 7.11 Å². The standard InChI is InChI=1S/C35H33NO3/c1-39-33-24-14-23-31(35(38,29-19-10-4-11-20-29)30-21-12-5-13-22-30)25-32(36-33)26-34(37,27-15-6-2-7-16-27)28-17-8-3-9-18-28/h2-23,25,31,37-38H,24,26H2,1H3/t31-/m1/s1. The first-order valence-electron chi connectivity index (χ1n) is 13.2. The summed E-state index contributed by atoms with van der Waals surface area (Å²) < 4.78 is 5.59. The second-order valence-electron chi connectivity index (χ2n) is 9.79. The van der Waals surface area contributed by atoms with Gasteiger partial charge in [-0.25, -0.2) is 4.99 Å². The van der Waals surface area contributed by atoms with Gasteiger partial charge in [-0.15, -0.1) is 0 Å². The molecule has 0 aromatic heterocycles. The molecule has 0 unspecified atom stereocenters. The third kappa shape index (κ3) is 5.49. The first-order valence-corrected chi connectivity index (χ1v) is 13.2. The Bertz CT molecular complexity index is 1370. The molecule has 39 heavy (non-hydrogen) atoms. The molecule has 0 saturated carbocycles. The highest BCUT2D eigenvalue weighted by Gasteiger charge is 2.40. The SMILES string of the molecule is COC1=NC(CC(O)(c2ccccc2)c2ccccc2)=C[C@H](C(O)(c2ccccc2)c2ccccc2)C=CC1. The van der Waals surface area contributed by atoms with Crippen LogP contribution in [0.25, 0.3) is 0 Å². The van der Waals surface area contributed by atoms with Gasteiger partial charge in [-0.2, -0.15) is 0 Å². The minimum absolute atomic E-state index is 0.192. The molecular formula is C35H33NO3. The lowest BCUT2D eigenvalue weighted by molar-refractivity contribution is 0.0522. The molecule has 4 nitrogen and oxygen atoms in total. The van der Waals surface area contributed by atoms with Crippen molar-refractivity contribution in [2.45, 2.75) is 24.0 Å². The van der Waals surface area contributed by atoms with E-state index in [0.29, 0.717) is 18.0 Å². The van der Waals surface area contributed by atoms with Crippen LogP contribution in [0.15, 0.2) is 150 Å². The minimum Gasteiger partial charge on any atom is -0.484 e. The lowest BCUT2D eigenvalue weighted by Crippen LogP contribution is -2.35. The highest BCUT2D eigenvalue weighted by atomic mass is 16.5. The average Bonchev–Trinajstić information content (AvgIpc) is 2.99. The van der Waals surface area contributed by atoms with Gasteiger partial charge in [0.05, 0.1) is 7.11 Å². The molecular weight excluding hydrogens is 482 g/mol.